The normalized spacial score (nSPS) is 13.2. The molecule has 0 radical (unpaired) electrons. The van der Waals surface area contributed by atoms with Crippen molar-refractivity contribution in [3.8, 4) is 5.75 Å². The van der Waals surface area contributed by atoms with Crippen LogP contribution < -0.4 is 4.74 Å². The van der Waals surface area contributed by atoms with Crippen molar-refractivity contribution in [3.63, 3.8) is 0 Å². The Bertz CT molecular complexity index is 912. The maximum atomic E-state index is 10.7. The molecular formula is C23H29ClN2O2. The number of nitrogens with zero attached hydrogens (tertiary/aromatic N) is 1. The fourth-order valence-corrected chi connectivity index (χ4v) is 3.44. The minimum atomic E-state index is -0.596. The first-order valence-electron chi connectivity index (χ1n) is 9.61. The van der Waals surface area contributed by atoms with Crippen molar-refractivity contribution in [2.45, 2.75) is 45.9 Å². The lowest BCUT2D eigenvalue weighted by molar-refractivity contribution is 0.0288. The van der Waals surface area contributed by atoms with Crippen molar-refractivity contribution in [1.82, 2.24) is 9.88 Å². The van der Waals surface area contributed by atoms with E-state index in [0.717, 1.165) is 33.8 Å². The summed E-state index contributed by atoms with van der Waals surface area (Å²) in [5.41, 5.74) is 3.26. The Morgan fingerprint density at radius 1 is 1.14 bits per heavy atom. The second-order valence-electron chi connectivity index (χ2n) is 8.29. The van der Waals surface area contributed by atoms with E-state index < -0.39 is 6.10 Å². The summed E-state index contributed by atoms with van der Waals surface area (Å²) in [6.45, 7) is 10.0. The van der Waals surface area contributed by atoms with Crippen LogP contribution in [0.25, 0.3) is 10.9 Å². The number of H-pyrrole nitrogens is 1. The van der Waals surface area contributed by atoms with Gasteiger partial charge in [-0.25, -0.2) is 0 Å². The molecule has 4 nitrogen and oxygen atoms in total. The Morgan fingerprint density at radius 2 is 1.86 bits per heavy atom. The predicted molar refractivity (Wildman–Crippen MR) is 116 cm³/mol. The summed E-state index contributed by atoms with van der Waals surface area (Å²) >= 11 is 5.99. The first-order chi connectivity index (χ1) is 13.2. The number of aryl methyl sites for hydroxylation is 1. The van der Waals surface area contributed by atoms with Crippen LogP contribution in [0.2, 0.25) is 5.02 Å². The fraction of sp³-hybridized carbons (Fsp3) is 0.391. The lowest BCUT2D eigenvalue weighted by atomic mass is 10.0. The first-order valence-corrected chi connectivity index (χ1v) is 9.99. The lowest BCUT2D eigenvalue weighted by Crippen LogP contribution is -2.46. The average molecular weight is 401 g/mol. The van der Waals surface area contributed by atoms with Gasteiger partial charge in [-0.1, -0.05) is 29.8 Å². The van der Waals surface area contributed by atoms with E-state index in [4.69, 9.17) is 16.3 Å². The van der Waals surface area contributed by atoms with E-state index in [1.807, 2.05) is 48.7 Å². The minimum Gasteiger partial charge on any atom is -0.490 e. The van der Waals surface area contributed by atoms with Crippen molar-refractivity contribution >= 4 is 22.5 Å². The Labute approximate surface area is 172 Å². The number of aromatic amines is 1. The molecule has 0 aliphatic carbocycles. The van der Waals surface area contributed by atoms with Crippen LogP contribution in [0.3, 0.4) is 0 Å². The summed E-state index contributed by atoms with van der Waals surface area (Å²) in [6, 6.07) is 13.8. The number of β-amino-alcohol motifs (C(OH)–C–C–N with tert-alkyl or cyclic N) is 1. The summed E-state index contributed by atoms with van der Waals surface area (Å²) < 4.78 is 5.99. The number of ether oxygens (including phenoxy) is 1. The van der Waals surface area contributed by atoms with Crippen molar-refractivity contribution < 1.29 is 9.84 Å². The number of nitrogens with one attached hydrogen (secondary N) is 1. The number of halogens is 1. The number of aliphatic hydroxyl groups excluding tert-OH is 1. The van der Waals surface area contributed by atoms with Gasteiger partial charge in [0.15, 0.2) is 0 Å². The SMILES string of the molecule is Cc1c[nH]c2cccc(OCC(O)CN(Cc3ccc(Cl)cc3)C(C)(C)C)c12. The number of hydrogen-bond acceptors (Lipinski definition) is 3. The zero-order valence-electron chi connectivity index (χ0n) is 17.0. The molecule has 0 amide bonds. The number of aliphatic hydroxyl groups is 1. The van der Waals surface area contributed by atoms with Crippen molar-refractivity contribution in [1.29, 1.82) is 0 Å². The molecule has 3 rings (SSSR count). The largest absolute Gasteiger partial charge is 0.490 e. The molecule has 1 aromatic heterocycles. The van der Waals surface area contributed by atoms with Crippen LogP contribution in [-0.2, 0) is 6.54 Å². The summed E-state index contributed by atoms with van der Waals surface area (Å²) in [5, 5.41) is 12.5. The van der Waals surface area contributed by atoms with Crippen LogP contribution in [0, 0.1) is 6.92 Å². The number of hydrogen-bond donors (Lipinski definition) is 2. The average Bonchev–Trinajstić information content (AvgIpc) is 3.02. The van der Waals surface area contributed by atoms with Gasteiger partial charge in [0.25, 0.3) is 0 Å². The van der Waals surface area contributed by atoms with Gasteiger partial charge in [0.2, 0.25) is 0 Å². The quantitative estimate of drug-likeness (QED) is 0.575. The van der Waals surface area contributed by atoms with Crippen LogP contribution in [0.15, 0.2) is 48.7 Å². The molecule has 2 N–H and O–H groups in total. The predicted octanol–water partition coefficient (Wildman–Crippen LogP) is 5.17. The van der Waals surface area contributed by atoms with E-state index in [9.17, 15) is 5.11 Å². The minimum absolute atomic E-state index is 0.0855. The summed E-state index contributed by atoms with van der Waals surface area (Å²) in [7, 11) is 0. The molecule has 5 heteroatoms. The smallest absolute Gasteiger partial charge is 0.129 e. The van der Waals surface area contributed by atoms with E-state index in [0.29, 0.717) is 6.54 Å². The molecule has 2 aromatic carbocycles. The molecule has 0 fully saturated rings. The zero-order chi connectivity index (χ0) is 20.3. The maximum absolute atomic E-state index is 10.7. The molecule has 28 heavy (non-hydrogen) atoms. The highest BCUT2D eigenvalue weighted by Crippen LogP contribution is 2.28. The molecule has 1 unspecified atom stereocenters. The van der Waals surface area contributed by atoms with Crippen LogP contribution in [0.4, 0.5) is 0 Å². The Morgan fingerprint density at radius 3 is 2.54 bits per heavy atom. The second kappa shape index (κ2) is 8.56. The van der Waals surface area contributed by atoms with Crippen LogP contribution in [0.5, 0.6) is 5.75 Å². The summed E-state index contributed by atoms with van der Waals surface area (Å²) in [6.07, 6.45) is 1.38. The topological polar surface area (TPSA) is 48.5 Å². The molecular weight excluding hydrogens is 372 g/mol. The van der Waals surface area contributed by atoms with Gasteiger partial charge in [-0.3, -0.25) is 4.90 Å². The third-order valence-corrected chi connectivity index (χ3v) is 5.21. The Kier molecular flexibility index (Phi) is 6.33. The second-order valence-corrected chi connectivity index (χ2v) is 8.73. The van der Waals surface area contributed by atoms with Crippen molar-refractivity contribution in [2.75, 3.05) is 13.2 Å². The van der Waals surface area contributed by atoms with Gasteiger partial charge < -0.3 is 14.8 Å². The van der Waals surface area contributed by atoms with E-state index in [2.05, 4.69) is 37.6 Å². The van der Waals surface area contributed by atoms with Crippen molar-refractivity contribution in [2.24, 2.45) is 0 Å². The molecule has 1 heterocycles. The lowest BCUT2D eigenvalue weighted by Gasteiger charge is -2.37. The molecule has 1 atom stereocenters. The molecule has 3 aromatic rings. The summed E-state index contributed by atoms with van der Waals surface area (Å²) in [4.78, 5) is 5.50. The highest BCUT2D eigenvalue weighted by molar-refractivity contribution is 6.30. The monoisotopic (exact) mass is 400 g/mol. The molecule has 0 saturated carbocycles. The number of fused-ring (bicyclic) bond motifs is 1. The standard InChI is InChI=1S/C23H29ClN2O2/c1-16-12-25-20-6-5-7-21(22(16)20)28-15-19(27)14-26(23(2,3)4)13-17-8-10-18(24)11-9-17/h5-12,19,25,27H,13-15H2,1-4H3. The first kappa shape index (κ1) is 20.7. The van der Waals surface area contributed by atoms with Crippen LogP contribution in [-0.4, -0.2) is 39.8 Å². The fourth-order valence-electron chi connectivity index (χ4n) is 3.32. The highest BCUT2D eigenvalue weighted by Gasteiger charge is 2.24. The van der Waals surface area contributed by atoms with E-state index in [-0.39, 0.29) is 12.1 Å². The van der Waals surface area contributed by atoms with Gasteiger partial charge in [-0.15, -0.1) is 0 Å². The van der Waals surface area contributed by atoms with Gasteiger partial charge in [0.05, 0.1) is 0 Å². The number of benzene rings is 2. The molecule has 0 aliphatic heterocycles. The highest BCUT2D eigenvalue weighted by atomic mass is 35.5. The zero-order valence-corrected chi connectivity index (χ0v) is 17.8. The number of rotatable bonds is 7. The molecule has 0 spiro atoms. The van der Waals surface area contributed by atoms with E-state index in [1.54, 1.807) is 0 Å². The Hall–Kier alpha value is -2.01. The van der Waals surface area contributed by atoms with E-state index in [1.165, 1.54) is 5.56 Å². The number of aromatic nitrogens is 1. The van der Waals surface area contributed by atoms with Gasteiger partial charge in [-0.2, -0.15) is 0 Å². The Balaban J connectivity index is 1.65. The van der Waals surface area contributed by atoms with Gasteiger partial charge in [0.1, 0.15) is 18.5 Å². The van der Waals surface area contributed by atoms with Gasteiger partial charge in [-0.05, 0) is 63.1 Å². The molecule has 150 valence electrons. The third kappa shape index (κ3) is 5.07. The van der Waals surface area contributed by atoms with Crippen LogP contribution in [0.1, 0.15) is 31.9 Å². The van der Waals surface area contributed by atoms with Gasteiger partial charge >= 0.3 is 0 Å². The molecule has 0 aliphatic rings. The molecule has 0 bridgehead atoms. The maximum Gasteiger partial charge on any atom is 0.129 e. The van der Waals surface area contributed by atoms with E-state index >= 15 is 0 Å². The third-order valence-electron chi connectivity index (χ3n) is 4.96. The summed E-state index contributed by atoms with van der Waals surface area (Å²) in [5.74, 6) is 0.801. The van der Waals surface area contributed by atoms with Crippen molar-refractivity contribution in [3.05, 3.63) is 64.8 Å². The van der Waals surface area contributed by atoms with Crippen LogP contribution >= 0.6 is 11.6 Å². The molecule has 0 saturated heterocycles. The van der Waals surface area contributed by atoms with Gasteiger partial charge in [0, 0.05) is 40.8 Å².